The molecule has 0 saturated heterocycles. The van der Waals surface area contributed by atoms with Crippen LogP contribution in [0.15, 0.2) is 79.5 Å². The summed E-state index contributed by atoms with van der Waals surface area (Å²) < 4.78 is 11.0. The van der Waals surface area contributed by atoms with Crippen LogP contribution in [0.1, 0.15) is 12.5 Å². The smallest absolute Gasteiger partial charge is 0.161 e. The predicted octanol–water partition coefficient (Wildman–Crippen LogP) is 6.06. The molecule has 0 aliphatic rings. The highest BCUT2D eigenvalue weighted by Gasteiger charge is 2.13. The first-order valence-electron chi connectivity index (χ1n) is 8.78. The van der Waals surface area contributed by atoms with Gasteiger partial charge in [0.15, 0.2) is 11.5 Å². The lowest BCUT2D eigenvalue weighted by atomic mass is 9.93. The Morgan fingerprint density at radius 2 is 1.81 bits per heavy atom. The van der Waals surface area contributed by atoms with E-state index in [1.165, 1.54) is 0 Å². The molecule has 1 heterocycles. The molecule has 0 aliphatic heterocycles. The van der Waals surface area contributed by atoms with Gasteiger partial charge in [0, 0.05) is 11.8 Å². The van der Waals surface area contributed by atoms with Crippen molar-refractivity contribution in [3.8, 4) is 22.8 Å². The number of aromatic nitrogens is 1. The second kappa shape index (κ2) is 8.37. The highest BCUT2D eigenvalue weighted by molar-refractivity contribution is 6.00. The van der Waals surface area contributed by atoms with Crippen LogP contribution in [-0.2, 0) is 0 Å². The van der Waals surface area contributed by atoms with E-state index in [2.05, 4.69) is 35.8 Å². The summed E-state index contributed by atoms with van der Waals surface area (Å²) in [5.74, 6) is 1.41. The molecule has 0 fully saturated rings. The number of hydrogen-bond acceptors (Lipinski definition) is 3. The van der Waals surface area contributed by atoms with Crippen LogP contribution in [0.3, 0.4) is 0 Å². The van der Waals surface area contributed by atoms with Crippen molar-refractivity contribution < 1.29 is 9.47 Å². The summed E-state index contributed by atoms with van der Waals surface area (Å²) in [6.07, 6.45) is 9.67. The molecule has 2 aromatic carbocycles. The van der Waals surface area contributed by atoms with E-state index in [1.54, 1.807) is 20.3 Å². The largest absolute Gasteiger partial charge is 0.493 e. The van der Waals surface area contributed by atoms with Crippen molar-refractivity contribution in [2.45, 2.75) is 6.92 Å². The number of nitrogens with zero attached hydrogens (tertiary/aromatic N) is 1. The van der Waals surface area contributed by atoms with Gasteiger partial charge >= 0.3 is 0 Å². The van der Waals surface area contributed by atoms with Crippen molar-refractivity contribution in [1.29, 1.82) is 0 Å². The number of allylic oxidation sites excluding steroid dienone is 5. The average Bonchev–Trinajstić information content (AvgIpc) is 2.73. The van der Waals surface area contributed by atoms with Gasteiger partial charge in [0.25, 0.3) is 0 Å². The van der Waals surface area contributed by atoms with Gasteiger partial charge in [0.1, 0.15) is 0 Å². The first-order chi connectivity index (χ1) is 13.2. The number of benzene rings is 2. The Hall–Kier alpha value is -3.33. The second-order valence-electron chi connectivity index (χ2n) is 6.01. The third kappa shape index (κ3) is 3.77. The predicted molar refractivity (Wildman–Crippen MR) is 113 cm³/mol. The molecule has 3 nitrogen and oxygen atoms in total. The van der Waals surface area contributed by atoms with Gasteiger partial charge in [-0.15, -0.1) is 0 Å². The van der Waals surface area contributed by atoms with Crippen molar-refractivity contribution in [3.63, 3.8) is 0 Å². The summed E-state index contributed by atoms with van der Waals surface area (Å²) in [6, 6.07) is 14.3. The SMILES string of the molecule is C=C/C=C\C(=C/C)c1cc(-c2ccccn2)cc2cc(OC)c(OC)cc12. The first kappa shape index (κ1) is 18.5. The van der Waals surface area contributed by atoms with E-state index in [0.29, 0.717) is 11.5 Å². The van der Waals surface area contributed by atoms with Crippen LogP contribution in [0, 0.1) is 0 Å². The van der Waals surface area contributed by atoms with Crippen molar-refractivity contribution >= 4 is 16.3 Å². The molecule has 0 radical (unpaired) electrons. The van der Waals surface area contributed by atoms with Crippen LogP contribution < -0.4 is 9.47 Å². The molecule has 0 unspecified atom stereocenters. The van der Waals surface area contributed by atoms with Crippen molar-refractivity contribution in [2.75, 3.05) is 14.2 Å². The minimum absolute atomic E-state index is 0.706. The molecular weight excluding hydrogens is 334 g/mol. The zero-order valence-corrected chi connectivity index (χ0v) is 15.9. The molecule has 0 aliphatic carbocycles. The highest BCUT2D eigenvalue weighted by atomic mass is 16.5. The zero-order chi connectivity index (χ0) is 19.2. The zero-order valence-electron chi connectivity index (χ0n) is 15.9. The second-order valence-corrected chi connectivity index (χ2v) is 6.01. The maximum absolute atomic E-state index is 5.52. The van der Waals surface area contributed by atoms with Gasteiger partial charge in [-0.3, -0.25) is 4.98 Å². The summed E-state index contributed by atoms with van der Waals surface area (Å²) in [7, 11) is 3.30. The number of hydrogen-bond donors (Lipinski definition) is 0. The van der Waals surface area contributed by atoms with E-state index in [9.17, 15) is 0 Å². The Bertz CT molecular complexity index is 1020. The van der Waals surface area contributed by atoms with E-state index in [1.807, 2.05) is 49.5 Å². The number of rotatable bonds is 6. The Kier molecular flexibility index (Phi) is 5.72. The lowest BCUT2D eigenvalue weighted by molar-refractivity contribution is 0.356. The lowest BCUT2D eigenvalue weighted by Gasteiger charge is -2.15. The molecular formula is C24H23NO2. The van der Waals surface area contributed by atoms with Gasteiger partial charge in [0.05, 0.1) is 19.9 Å². The third-order valence-corrected chi connectivity index (χ3v) is 4.45. The summed E-state index contributed by atoms with van der Waals surface area (Å²) in [5, 5.41) is 2.16. The molecule has 0 amide bonds. The van der Waals surface area contributed by atoms with Crippen LogP contribution in [0.4, 0.5) is 0 Å². The monoisotopic (exact) mass is 357 g/mol. The molecule has 0 spiro atoms. The topological polar surface area (TPSA) is 31.4 Å². The van der Waals surface area contributed by atoms with Gasteiger partial charge < -0.3 is 9.47 Å². The Morgan fingerprint density at radius 1 is 1.04 bits per heavy atom. The average molecular weight is 357 g/mol. The van der Waals surface area contributed by atoms with E-state index >= 15 is 0 Å². The van der Waals surface area contributed by atoms with Gasteiger partial charge in [-0.1, -0.05) is 36.9 Å². The summed E-state index contributed by atoms with van der Waals surface area (Å²) in [5.41, 5.74) is 4.19. The Morgan fingerprint density at radius 3 is 2.44 bits per heavy atom. The number of methoxy groups -OCH3 is 2. The number of pyridine rings is 1. The van der Waals surface area contributed by atoms with Crippen LogP contribution in [0.5, 0.6) is 11.5 Å². The summed E-state index contributed by atoms with van der Waals surface area (Å²) in [4.78, 5) is 4.51. The molecule has 3 rings (SSSR count). The molecule has 1 aromatic heterocycles. The van der Waals surface area contributed by atoms with E-state index in [0.717, 1.165) is 33.2 Å². The van der Waals surface area contributed by atoms with Gasteiger partial charge in [-0.05, 0) is 65.2 Å². The standard InChI is InChI=1S/C24H23NO2/c1-5-7-10-17(6-2)20-14-19(22-11-8-9-12-25-22)13-18-15-23(26-3)24(27-4)16-21(18)20/h5-16H,1H2,2-4H3/b10-7-,17-6+. The van der Waals surface area contributed by atoms with Crippen molar-refractivity contribution in [1.82, 2.24) is 4.98 Å². The van der Waals surface area contributed by atoms with E-state index < -0.39 is 0 Å². The molecule has 0 saturated carbocycles. The maximum atomic E-state index is 5.52. The molecule has 3 heteroatoms. The van der Waals surface area contributed by atoms with Crippen LogP contribution in [0.25, 0.3) is 27.6 Å². The summed E-state index contributed by atoms with van der Waals surface area (Å²) in [6.45, 7) is 5.81. The van der Waals surface area contributed by atoms with Gasteiger partial charge in [-0.25, -0.2) is 0 Å². The normalized spacial score (nSPS) is 11.7. The van der Waals surface area contributed by atoms with Gasteiger partial charge in [-0.2, -0.15) is 0 Å². The third-order valence-electron chi connectivity index (χ3n) is 4.45. The molecule has 27 heavy (non-hydrogen) atoms. The summed E-state index contributed by atoms with van der Waals surface area (Å²) >= 11 is 0. The molecule has 3 aromatic rings. The van der Waals surface area contributed by atoms with Gasteiger partial charge in [0.2, 0.25) is 0 Å². The number of fused-ring (bicyclic) bond motifs is 1. The minimum atomic E-state index is 0.706. The Balaban J connectivity index is 2.35. The van der Waals surface area contributed by atoms with Crippen molar-refractivity contribution in [2.24, 2.45) is 0 Å². The fraction of sp³-hybridized carbons (Fsp3) is 0.125. The molecule has 0 bridgehead atoms. The van der Waals surface area contributed by atoms with E-state index in [4.69, 9.17) is 9.47 Å². The fourth-order valence-electron chi connectivity index (χ4n) is 3.12. The van der Waals surface area contributed by atoms with Crippen LogP contribution >= 0.6 is 0 Å². The van der Waals surface area contributed by atoms with Crippen molar-refractivity contribution in [3.05, 3.63) is 85.1 Å². The fourth-order valence-corrected chi connectivity index (χ4v) is 3.12. The molecule has 136 valence electrons. The number of ether oxygens (including phenoxy) is 2. The quantitative estimate of drug-likeness (QED) is 0.502. The first-order valence-corrected chi connectivity index (χ1v) is 8.78. The van der Waals surface area contributed by atoms with Crippen LogP contribution in [-0.4, -0.2) is 19.2 Å². The lowest BCUT2D eigenvalue weighted by Crippen LogP contribution is -1.94. The van der Waals surface area contributed by atoms with E-state index in [-0.39, 0.29) is 0 Å². The minimum Gasteiger partial charge on any atom is -0.493 e. The Labute approximate surface area is 160 Å². The van der Waals surface area contributed by atoms with Crippen LogP contribution in [0.2, 0.25) is 0 Å². The molecule has 0 N–H and O–H groups in total. The maximum Gasteiger partial charge on any atom is 0.161 e. The molecule has 0 atom stereocenters. The highest BCUT2D eigenvalue weighted by Crippen LogP contribution is 2.38.